The number of benzene rings is 4. The van der Waals surface area contributed by atoms with Gasteiger partial charge >= 0.3 is 0 Å². The van der Waals surface area contributed by atoms with E-state index in [0.717, 1.165) is 29.7 Å². The van der Waals surface area contributed by atoms with Crippen molar-refractivity contribution in [2.75, 3.05) is 14.2 Å². The number of aryl methyl sites for hydroxylation is 1. The number of hydrogen-bond acceptors (Lipinski definition) is 2. The second-order valence-corrected chi connectivity index (χ2v) is 7.97. The molecule has 4 aromatic rings. The Labute approximate surface area is 172 Å². The quantitative estimate of drug-likeness (QED) is 0.367. The van der Waals surface area contributed by atoms with Crippen molar-refractivity contribution >= 4 is 21.5 Å². The highest BCUT2D eigenvalue weighted by molar-refractivity contribution is 6.13. The number of rotatable bonds is 4. The fraction of sp³-hybridized carbons (Fsp3) is 0.259. The summed E-state index contributed by atoms with van der Waals surface area (Å²) in [4.78, 5) is 0. The lowest BCUT2D eigenvalue weighted by molar-refractivity contribution is 0.405. The van der Waals surface area contributed by atoms with Crippen molar-refractivity contribution < 1.29 is 9.47 Å². The molecule has 4 aromatic carbocycles. The summed E-state index contributed by atoms with van der Waals surface area (Å²) in [6.07, 6.45) is 4.74. The Morgan fingerprint density at radius 3 is 2.41 bits per heavy atom. The summed E-state index contributed by atoms with van der Waals surface area (Å²) in [5, 5.41) is 4.88. The van der Waals surface area contributed by atoms with E-state index in [1.807, 2.05) is 6.07 Å². The van der Waals surface area contributed by atoms with E-state index in [9.17, 15) is 0 Å². The molecule has 5 rings (SSSR count). The summed E-state index contributed by atoms with van der Waals surface area (Å²) in [5.74, 6) is 2.34. The molecule has 2 nitrogen and oxygen atoms in total. The second kappa shape index (κ2) is 7.44. The molecule has 2 heteroatoms. The molecule has 0 saturated heterocycles. The minimum Gasteiger partial charge on any atom is -0.496 e. The first-order valence-electron chi connectivity index (χ1n) is 10.4. The van der Waals surface area contributed by atoms with Crippen LogP contribution in [0.5, 0.6) is 11.5 Å². The minimum atomic E-state index is 0.581. The third-order valence-corrected chi connectivity index (χ3v) is 6.42. The van der Waals surface area contributed by atoms with Crippen molar-refractivity contribution in [2.45, 2.75) is 31.6 Å². The molecule has 1 aliphatic rings. The molecule has 0 radical (unpaired) electrons. The van der Waals surface area contributed by atoms with Gasteiger partial charge in [-0.15, -0.1) is 0 Å². The SMILES string of the molecule is COc1cccc2c1c(OC)cc1c3c(ccc12)C(Cc1ccccc1)CCC3. The summed E-state index contributed by atoms with van der Waals surface area (Å²) in [6.45, 7) is 0. The minimum absolute atomic E-state index is 0.581. The maximum absolute atomic E-state index is 5.81. The maximum atomic E-state index is 5.81. The molecule has 0 heterocycles. The van der Waals surface area contributed by atoms with Crippen LogP contribution < -0.4 is 9.47 Å². The molecule has 0 spiro atoms. The van der Waals surface area contributed by atoms with Gasteiger partial charge in [-0.25, -0.2) is 0 Å². The average molecular weight is 383 g/mol. The monoisotopic (exact) mass is 382 g/mol. The van der Waals surface area contributed by atoms with Crippen molar-refractivity contribution in [2.24, 2.45) is 0 Å². The van der Waals surface area contributed by atoms with Crippen LogP contribution in [0.3, 0.4) is 0 Å². The average Bonchev–Trinajstić information content (AvgIpc) is 2.78. The Kier molecular flexibility index (Phi) is 4.63. The summed E-state index contributed by atoms with van der Waals surface area (Å²) in [6, 6.07) is 24.0. The molecular weight excluding hydrogens is 356 g/mol. The highest BCUT2D eigenvalue weighted by Gasteiger charge is 2.23. The Morgan fingerprint density at radius 2 is 1.62 bits per heavy atom. The number of fused-ring (bicyclic) bond motifs is 5. The van der Waals surface area contributed by atoms with Gasteiger partial charge in [0.15, 0.2) is 0 Å². The van der Waals surface area contributed by atoms with Crippen molar-refractivity contribution in [3.8, 4) is 11.5 Å². The van der Waals surface area contributed by atoms with Crippen LogP contribution in [0.2, 0.25) is 0 Å². The molecule has 0 bridgehead atoms. The second-order valence-electron chi connectivity index (χ2n) is 7.97. The molecule has 1 atom stereocenters. The number of hydrogen-bond donors (Lipinski definition) is 0. The van der Waals surface area contributed by atoms with Crippen LogP contribution >= 0.6 is 0 Å². The molecule has 0 aliphatic heterocycles. The highest BCUT2D eigenvalue weighted by Crippen LogP contribution is 2.44. The number of ether oxygens (including phenoxy) is 2. The maximum Gasteiger partial charge on any atom is 0.131 e. The van der Waals surface area contributed by atoms with Gasteiger partial charge in [-0.1, -0.05) is 54.6 Å². The smallest absolute Gasteiger partial charge is 0.131 e. The van der Waals surface area contributed by atoms with Gasteiger partial charge < -0.3 is 9.47 Å². The van der Waals surface area contributed by atoms with E-state index in [-0.39, 0.29) is 0 Å². The van der Waals surface area contributed by atoms with Gasteiger partial charge in [-0.3, -0.25) is 0 Å². The summed E-state index contributed by atoms with van der Waals surface area (Å²) >= 11 is 0. The zero-order valence-corrected chi connectivity index (χ0v) is 17.1. The van der Waals surface area contributed by atoms with Crippen LogP contribution in [0.4, 0.5) is 0 Å². The zero-order chi connectivity index (χ0) is 19.8. The molecule has 0 aromatic heterocycles. The molecule has 0 saturated carbocycles. The topological polar surface area (TPSA) is 18.5 Å². The summed E-state index contributed by atoms with van der Waals surface area (Å²) < 4.78 is 11.4. The Balaban J connectivity index is 1.71. The standard InChI is InChI=1S/C27H26O2/c1-28-25-13-7-12-23-22-15-14-20-19(16-18-8-4-3-5-9-18)10-6-11-21(20)24(22)17-26(29-2)27(23)25/h3-5,7-9,12-15,17,19H,6,10-11,16H2,1-2H3. The van der Waals surface area contributed by atoms with Gasteiger partial charge in [-0.05, 0) is 76.6 Å². The molecule has 0 fully saturated rings. The van der Waals surface area contributed by atoms with Gasteiger partial charge in [0.2, 0.25) is 0 Å². The van der Waals surface area contributed by atoms with Crippen LogP contribution in [0, 0.1) is 0 Å². The lowest BCUT2D eigenvalue weighted by Crippen LogP contribution is -2.12. The Hall–Kier alpha value is -3.00. The first-order valence-corrected chi connectivity index (χ1v) is 10.4. The van der Waals surface area contributed by atoms with E-state index >= 15 is 0 Å². The normalized spacial score (nSPS) is 16.0. The molecule has 29 heavy (non-hydrogen) atoms. The third kappa shape index (κ3) is 3.04. The van der Waals surface area contributed by atoms with E-state index in [1.165, 1.54) is 45.7 Å². The highest BCUT2D eigenvalue weighted by atomic mass is 16.5. The Bertz CT molecular complexity index is 1180. The van der Waals surface area contributed by atoms with Crippen molar-refractivity contribution in [3.63, 3.8) is 0 Å². The first kappa shape index (κ1) is 18.1. The van der Waals surface area contributed by atoms with Crippen LogP contribution in [-0.4, -0.2) is 14.2 Å². The fourth-order valence-electron chi connectivity index (χ4n) is 5.08. The van der Waals surface area contributed by atoms with Crippen molar-refractivity contribution in [3.05, 3.63) is 83.4 Å². The molecule has 1 aliphatic carbocycles. The van der Waals surface area contributed by atoms with Crippen molar-refractivity contribution in [1.82, 2.24) is 0 Å². The van der Waals surface area contributed by atoms with Crippen LogP contribution in [0.25, 0.3) is 21.5 Å². The van der Waals surface area contributed by atoms with Crippen LogP contribution in [-0.2, 0) is 12.8 Å². The van der Waals surface area contributed by atoms with Crippen LogP contribution in [0.1, 0.15) is 35.4 Å². The molecule has 0 amide bonds. The summed E-state index contributed by atoms with van der Waals surface area (Å²) in [7, 11) is 3.47. The van der Waals surface area contributed by atoms with Gasteiger partial charge in [0.1, 0.15) is 11.5 Å². The molecule has 0 N–H and O–H groups in total. The molecule has 146 valence electrons. The lowest BCUT2D eigenvalue weighted by Gasteiger charge is -2.27. The third-order valence-electron chi connectivity index (χ3n) is 6.42. The van der Waals surface area contributed by atoms with E-state index in [0.29, 0.717) is 5.92 Å². The fourth-order valence-corrected chi connectivity index (χ4v) is 5.08. The van der Waals surface area contributed by atoms with E-state index in [1.54, 1.807) is 14.2 Å². The molecule has 1 unspecified atom stereocenters. The first-order chi connectivity index (χ1) is 14.3. The van der Waals surface area contributed by atoms with Gasteiger partial charge in [0.05, 0.1) is 19.6 Å². The van der Waals surface area contributed by atoms with E-state index in [4.69, 9.17) is 9.47 Å². The zero-order valence-electron chi connectivity index (χ0n) is 17.1. The van der Waals surface area contributed by atoms with E-state index in [2.05, 4.69) is 60.7 Å². The van der Waals surface area contributed by atoms with Crippen molar-refractivity contribution in [1.29, 1.82) is 0 Å². The van der Waals surface area contributed by atoms with E-state index < -0.39 is 0 Å². The lowest BCUT2D eigenvalue weighted by atomic mass is 9.77. The predicted octanol–water partition coefficient (Wildman–Crippen LogP) is 6.67. The molecular formula is C27H26O2. The predicted molar refractivity (Wildman–Crippen MR) is 120 cm³/mol. The number of methoxy groups -OCH3 is 2. The largest absolute Gasteiger partial charge is 0.496 e. The van der Waals surface area contributed by atoms with Crippen LogP contribution in [0.15, 0.2) is 66.7 Å². The van der Waals surface area contributed by atoms with Gasteiger partial charge in [0.25, 0.3) is 0 Å². The Morgan fingerprint density at radius 1 is 0.793 bits per heavy atom. The van der Waals surface area contributed by atoms with Gasteiger partial charge in [0, 0.05) is 0 Å². The summed E-state index contributed by atoms with van der Waals surface area (Å²) in [5.41, 5.74) is 4.43. The van der Waals surface area contributed by atoms with Gasteiger partial charge in [-0.2, -0.15) is 0 Å².